The van der Waals surface area contributed by atoms with Crippen molar-refractivity contribution in [3.63, 3.8) is 0 Å². The van der Waals surface area contributed by atoms with Gasteiger partial charge >= 0.3 is 6.16 Å². The summed E-state index contributed by atoms with van der Waals surface area (Å²) >= 11 is 0. The summed E-state index contributed by atoms with van der Waals surface area (Å²) in [5.41, 5.74) is 0.559. The third kappa shape index (κ3) is 17.2. The number of aromatic hydroxyl groups is 1. The van der Waals surface area contributed by atoms with Gasteiger partial charge in [-0.15, -0.1) is 0 Å². The second-order valence-electron chi connectivity index (χ2n) is 12.2. The molecule has 0 heterocycles. The van der Waals surface area contributed by atoms with E-state index in [0.717, 1.165) is 83.5 Å². The standard InChI is InChI=1S/C37H66O7/c1-5-9-13-17-18-19-23-27-31-33(44-37(39)40)32(38)35(42-29-25-21-15-11-7-3)36(43-30-26-22-16-12-8-4)34(31)41-28-24-20-14-10-6-2/h38H,5-30H2,1-4H3,(H,39,40). The number of unbranched alkanes of at least 4 members (excludes halogenated alkanes) is 18. The summed E-state index contributed by atoms with van der Waals surface area (Å²) in [6, 6.07) is 0. The minimum atomic E-state index is -1.47. The second-order valence-corrected chi connectivity index (χ2v) is 12.2. The molecule has 1 aromatic carbocycles. The third-order valence-electron chi connectivity index (χ3n) is 8.09. The Morgan fingerprint density at radius 1 is 0.477 bits per heavy atom. The number of phenolic OH excluding ortho intramolecular Hbond substituents is 1. The first-order valence-corrected chi connectivity index (χ1v) is 18.2. The molecule has 0 aliphatic carbocycles. The molecule has 0 spiro atoms. The lowest BCUT2D eigenvalue weighted by Crippen LogP contribution is -2.12. The lowest BCUT2D eigenvalue weighted by atomic mass is 10.0. The zero-order valence-electron chi connectivity index (χ0n) is 28.8. The fourth-order valence-electron chi connectivity index (χ4n) is 5.44. The van der Waals surface area contributed by atoms with Gasteiger partial charge in [-0.25, -0.2) is 4.79 Å². The van der Waals surface area contributed by atoms with Crippen molar-refractivity contribution in [2.24, 2.45) is 0 Å². The van der Waals surface area contributed by atoms with Gasteiger partial charge in [0.15, 0.2) is 11.5 Å². The van der Waals surface area contributed by atoms with Crippen LogP contribution in [0.2, 0.25) is 0 Å². The molecule has 256 valence electrons. The maximum absolute atomic E-state index is 11.8. The van der Waals surface area contributed by atoms with Crippen molar-refractivity contribution in [1.82, 2.24) is 0 Å². The smallest absolute Gasteiger partial charge is 0.502 e. The van der Waals surface area contributed by atoms with Crippen LogP contribution in [0.3, 0.4) is 0 Å². The number of phenols is 1. The monoisotopic (exact) mass is 622 g/mol. The van der Waals surface area contributed by atoms with Crippen molar-refractivity contribution in [3.8, 4) is 28.7 Å². The van der Waals surface area contributed by atoms with E-state index in [-0.39, 0.29) is 17.2 Å². The summed E-state index contributed by atoms with van der Waals surface area (Å²) in [5, 5.41) is 21.1. The minimum absolute atomic E-state index is 0.0826. The molecule has 44 heavy (non-hydrogen) atoms. The topological polar surface area (TPSA) is 94.5 Å². The van der Waals surface area contributed by atoms with Gasteiger partial charge in [-0.1, -0.05) is 143 Å². The van der Waals surface area contributed by atoms with Crippen LogP contribution in [0.15, 0.2) is 0 Å². The molecule has 1 rings (SSSR count). The van der Waals surface area contributed by atoms with E-state index in [1.165, 1.54) is 57.8 Å². The Kier molecular flexibility index (Phi) is 24.4. The van der Waals surface area contributed by atoms with E-state index < -0.39 is 6.16 Å². The quantitative estimate of drug-likeness (QED) is 0.0500. The molecule has 0 aliphatic heterocycles. The van der Waals surface area contributed by atoms with Crippen molar-refractivity contribution < 1.29 is 34.0 Å². The number of benzene rings is 1. The molecule has 0 saturated carbocycles. The van der Waals surface area contributed by atoms with Gasteiger partial charge in [-0.05, 0) is 32.1 Å². The average molecular weight is 623 g/mol. The van der Waals surface area contributed by atoms with E-state index in [1.807, 2.05) is 0 Å². The van der Waals surface area contributed by atoms with Crippen LogP contribution in [0, 0.1) is 0 Å². The van der Waals surface area contributed by atoms with Gasteiger partial charge in [0.2, 0.25) is 17.2 Å². The lowest BCUT2D eigenvalue weighted by molar-refractivity contribution is 0.141. The maximum Gasteiger partial charge on any atom is 0.511 e. The molecule has 0 bridgehead atoms. The molecule has 7 nitrogen and oxygen atoms in total. The molecular weight excluding hydrogens is 556 g/mol. The number of ether oxygens (including phenoxy) is 4. The molecule has 0 amide bonds. The zero-order valence-corrected chi connectivity index (χ0v) is 28.8. The zero-order chi connectivity index (χ0) is 32.3. The number of carbonyl (C=O) groups is 1. The summed E-state index contributed by atoms with van der Waals surface area (Å²) in [7, 11) is 0. The van der Waals surface area contributed by atoms with E-state index in [2.05, 4.69) is 27.7 Å². The first-order valence-electron chi connectivity index (χ1n) is 18.2. The molecule has 0 aliphatic rings. The van der Waals surface area contributed by atoms with E-state index in [0.29, 0.717) is 43.3 Å². The number of hydrogen-bond donors (Lipinski definition) is 2. The van der Waals surface area contributed by atoms with Crippen LogP contribution in [0.5, 0.6) is 28.7 Å². The highest BCUT2D eigenvalue weighted by atomic mass is 16.7. The molecule has 7 heteroatoms. The highest BCUT2D eigenvalue weighted by Gasteiger charge is 2.30. The number of carboxylic acid groups (broad SMARTS) is 1. The van der Waals surface area contributed by atoms with Gasteiger partial charge in [0.1, 0.15) is 0 Å². The highest BCUT2D eigenvalue weighted by Crippen LogP contribution is 2.54. The molecule has 0 radical (unpaired) electrons. The van der Waals surface area contributed by atoms with Crippen LogP contribution >= 0.6 is 0 Å². The van der Waals surface area contributed by atoms with Gasteiger partial charge in [-0.2, -0.15) is 0 Å². The Morgan fingerprint density at radius 3 is 1.27 bits per heavy atom. The molecule has 1 aromatic rings. The van der Waals surface area contributed by atoms with Crippen molar-refractivity contribution in [2.45, 2.75) is 175 Å². The second kappa shape index (κ2) is 27.0. The molecule has 0 unspecified atom stereocenters. The van der Waals surface area contributed by atoms with Crippen LogP contribution in [0.4, 0.5) is 4.79 Å². The van der Waals surface area contributed by atoms with Crippen LogP contribution in [-0.4, -0.2) is 36.2 Å². The van der Waals surface area contributed by atoms with Crippen molar-refractivity contribution >= 4 is 6.16 Å². The van der Waals surface area contributed by atoms with Gasteiger partial charge in [0.25, 0.3) is 0 Å². The van der Waals surface area contributed by atoms with Gasteiger partial charge < -0.3 is 29.2 Å². The SMILES string of the molecule is CCCCCCCCCc1c(OC(=O)O)c(O)c(OCCCCCCC)c(OCCCCCCC)c1OCCCCCCC. The predicted octanol–water partition coefficient (Wildman–Crippen LogP) is 11.8. The first kappa shape index (κ1) is 39.7. The largest absolute Gasteiger partial charge is 0.511 e. The number of rotatable bonds is 30. The van der Waals surface area contributed by atoms with Gasteiger partial charge in [0, 0.05) is 5.56 Å². The Hall–Kier alpha value is -2.31. The van der Waals surface area contributed by atoms with E-state index in [9.17, 15) is 15.0 Å². The van der Waals surface area contributed by atoms with Crippen LogP contribution in [0.25, 0.3) is 0 Å². The highest BCUT2D eigenvalue weighted by molar-refractivity contribution is 5.73. The fourth-order valence-corrected chi connectivity index (χ4v) is 5.44. The molecule has 0 saturated heterocycles. The summed E-state index contributed by atoms with van der Waals surface area (Å²) in [5.74, 6) is 0.594. The van der Waals surface area contributed by atoms with Gasteiger partial charge in [0.05, 0.1) is 19.8 Å². The van der Waals surface area contributed by atoms with Crippen LogP contribution < -0.4 is 18.9 Å². The van der Waals surface area contributed by atoms with E-state index >= 15 is 0 Å². The Labute approximate surface area is 269 Å². The molecule has 0 fully saturated rings. The summed E-state index contributed by atoms with van der Waals surface area (Å²) in [4.78, 5) is 11.8. The maximum atomic E-state index is 11.8. The first-order chi connectivity index (χ1) is 21.5. The summed E-state index contributed by atoms with van der Waals surface area (Å²) in [6.07, 6.45) is 23.2. The van der Waals surface area contributed by atoms with Crippen molar-refractivity contribution in [1.29, 1.82) is 0 Å². The fraction of sp³-hybridized carbons (Fsp3) is 0.811. The van der Waals surface area contributed by atoms with Crippen molar-refractivity contribution in [3.05, 3.63) is 5.56 Å². The van der Waals surface area contributed by atoms with Crippen LogP contribution in [-0.2, 0) is 6.42 Å². The molecule has 0 atom stereocenters. The van der Waals surface area contributed by atoms with Crippen molar-refractivity contribution in [2.75, 3.05) is 19.8 Å². The van der Waals surface area contributed by atoms with Gasteiger partial charge in [-0.3, -0.25) is 0 Å². The van der Waals surface area contributed by atoms with E-state index in [4.69, 9.17) is 18.9 Å². The summed E-state index contributed by atoms with van der Waals surface area (Å²) in [6.45, 7) is 10.1. The normalized spacial score (nSPS) is 11.1. The third-order valence-corrected chi connectivity index (χ3v) is 8.09. The summed E-state index contributed by atoms with van der Waals surface area (Å²) < 4.78 is 24.3. The lowest BCUT2D eigenvalue weighted by Gasteiger charge is -2.23. The van der Waals surface area contributed by atoms with E-state index in [1.54, 1.807) is 0 Å². The Balaban J connectivity index is 3.37. The molecular formula is C37H66O7. The Morgan fingerprint density at radius 2 is 0.841 bits per heavy atom. The molecule has 2 N–H and O–H groups in total. The average Bonchev–Trinajstić information content (AvgIpc) is 3.01. The predicted molar refractivity (Wildman–Crippen MR) is 181 cm³/mol. The Bertz CT molecular complexity index is 855. The molecule has 0 aromatic heterocycles. The number of hydrogen-bond acceptors (Lipinski definition) is 6. The van der Waals surface area contributed by atoms with Crippen LogP contribution in [0.1, 0.15) is 175 Å². The minimum Gasteiger partial charge on any atom is -0.502 e.